The molecule has 0 saturated heterocycles. The Morgan fingerprint density at radius 2 is 1.01 bits per heavy atom. The summed E-state index contributed by atoms with van der Waals surface area (Å²) in [5.41, 5.74) is 23.8. The Balaban J connectivity index is 1.05. The fourth-order valence-electron chi connectivity index (χ4n) is 25.0. The van der Waals surface area contributed by atoms with E-state index < -0.39 is 10.8 Å². The first-order valence-electron chi connectivity index (χ1n) is 29.8. The summed E-state index contributed by atoms with van der Waals surface area (Å²) >= 11 is 0. The Bertz CT molecular complexity index is 3350. The molecular weight excluding hydrogens is 945 g/mol. The maximum absolute atomic E-state index is 11.2. The van der Waals surface area contributed by atoms with E-state index in [9.17, 15) is 10.2 Å². The molecule has 12 fully saturated rings. The molecule has 6 aromatic rings. The minimum Gasteiger partial charge on any atom is -0.506 e. The van der Waals surface area contributed by atoms with Gasteiger partial charge in [-0.2, -0.15) is 0 Å². The van der Waals surface area contributed by atoms with E-state index in [-0.39, 0.29) is 33.7 Å². The number of hydrogen-bond donors (Lipinski definition) is 4. The Morgan fingerprint density at radius 3 is 1.60 bits per heavy atom. The highest BCUT2D eigenvalue weighted by Crippen LogP contribution is 2.88. The molecule has 12 saturated carbocycles. The van der Waals surface area contributed by atoms with Gasteiger partial charge in [-0.1, -0.05) is 107 Å². The number of anilines is 2. The van der Waals surface area contributed by atoms with Gasteiger partial charge in [0.15, 0.2) is 0 Å². The molecule has 19 rings (SSSR count). The molecule has 13 aliphatic carbocycles. The van der Waals surface area contributed by atoms with Gasteiger partial charge in [0.05, 0.1) is 11.4 Å². The van der Waals surface area contributed by atoms with Crippen LogP contribution < -0.4 is 20.9 Å². The molecule has 0 amide bonds. The second-order valence-corrected chi connectivity index (χ2v) is 30.0. The summed E-state index contributed by atoms with van der Waals surface area (Å²) < 4.78 is 14.8. The minimum absolute atomic E-state index is 0.0227. The maximum Gasteiger partial charge on any atom is 0.142 e. The fourth-order valence-corrected chi connectivity index (χ4v) is 25.0. The van der Waals surface area contributed by atoms with Gasteiger partial charge in [0.1, 0.15) is 34.5 Å². The number of hydrogen-bond acceptors (Lipinski definition) is 6. The largest absolute Gasteiger partial charge is 0.506 e. The number of ether oxygens (including phenoxy) is 2. The Kier molecular flexibility index (Phi) is 9.35. The predicted octanol–water partition coefficient (Wildman–Crippen LogP) is 17.1. The van der Waals surface area contributed by atoms with Gasteiger partial charge < -0.3 is 31.2 Å². The minimum atomic E-state index is -0.678. The third kappa shape index (κ3) is 6.31. The van der Waals surface area contributed by atoms with Crippen molar-refractivity contribution in [2.45, 2.75) is 148 Å². The van der Waals surface area contributed by atoms with E-state index in [0.717, 1.165) is 42.6 Å². The molecule has 9 atom stereocenters. The summed E-state index contributed by atoms with van der Waals surface area (Å²) in [5.74, 6) is 5.52. The van der Waals surface area contributed by atoms with Crippen LogP contribution >= 0.6 is 0 Å². The summed E-state index contributed by atoms with van der Waals surface area (Å²) in [6, 6.07) is 45.9. The lowest BCUT2D eigenvalue weighted by Gasteiger charge is -2.83. The standard InChI is InChI=1S/C71H78N2O4/c1-63-28-43-29-64(2,36-63)39-67(32-43,38-63)62-46-24-47-35-68(34-46,69-33-44-30-65(3,40-69)37-66(4,31-44)41-69)42-70(62,53-17-11-14-51-50-13-6-5-12-45(50)25-52(51)53)71(47,54-15-7-9-18-60(54)76-48-20-22-56(72)58(74)26-48)55-16-8-10-19-61(55)77-49-21-23-57(73)59(75)27-49/h5-23,26-27,43-44,46-47,62,74-75H,24-25,28-42,72-73H2,1-4H3. The van der Waals surface area contributed by atoms with Gasteiger partial charge in [-0.25, -0.2) is 0 Å². The second-order valence-electron chi connectivity index (χ2n) is 30.0. The molecule has 0 heterocycles. The molecule has 6 aromatic carbocycles. The Hall–Kier alpha value is -5.88. The number of phenolic OH excluding ortho intramolecular Hbond substituents is 2. The Labute approximate surface area is 456 Å². The van der Waals surface area contributed by atoms with Crippen LogP contribution in [0, 0.1) is 67.5 Å². The molecular formula is C71H78N2O4. The van der Waals surface area contributed by atoms with Crippen LogP contribution in [0.5, 0.6) is 34.5 Å². The quantitative estimate of drug-likeness (QED) is 0.0847. The first-order valence-corrected chi connectivity index (χ1v) is 29.8. The molecule has 77 heavy (non-hydrogen) atoms. The van der Waals surface area contributed by atoms with Crippen molar-refractivity contribution in [1.82, 2.24) is 0 Å². The van der Waals surface area contributed by atoms with E-state index in [1.807, 2.05) is 12.1 Å². The number of benzene rings is 6. The molecule has 0 radical (unpaired) electrons. The van der Waals surface area contributed by atoms with Crippen molar-refractivity contribution in [2.75, 3.05) is 11.5 Å². The van der Waals surface area contributed by atoms with Crippen molar-refractivity contribution in [1.29, 1.82) is 0 Å². The maximum atomic E-state index is 11.2. The highest BCUT2D eigenvalue weighted by atomic mass is 16.5. The third-order valence-electron chi connectivity index (χ3n) is 24.3. The normalized spacial score (nSPS) is 39.7. The number of phenols is 2. The second kappa shape index (κ2) is 15.3. The topological polar surface area (TPSA) is 111 Å². The van der Waals surface area contributed by atoms with Crippen LogP contribution in [0.25, 0.3) is 11.1 Å². The van der Waals surface area contributed by atoms with Crippen LogP contribution in [-0.4, -0.2) is 10.2 Å². The zero-order valence-electron chi connectivity index (χ0n) is 45.9. The van der Waals surface area contributed by atoms with Crippen molar-refractivity contribution in [3.05, 3.63) is 155 Å². The van der Waals surface area contributed by atoms with Gasteiger partial charge in [0.2, 0.25) is 0 Å². The van der Waals surface area contributed by atoms with Gasteiger partial charge in [0.25, 0.3) is 0 Å². The van der Waals surface area contributed by atoms with Crippen molar-refractivity contribution in [3.8, 4) is 45.6 Å². The van der Waals surface area contributed by atoms with Crippen LogP contribution in [0.15, 0.2) is 127 Å². The highest BCUT2D eigenvalue weighted by Gasteiger charge is 2.83. The number of fused-ring (bicyclic) bond motifs is 3. The summed E-state index contributed by atoms with van der Waals surface area (Å²) in [6.07, 6.45) is 22.0. The Morgan fingerprint density at radius 1 is 0.481 bits per heavy atom. The van der Waals surface area contributed by atoms with E-state index in [2.05, 4.69) is 119 Å². The number of aromatic hydroxyl groups is 2. The lowest BCUT2D eigenvalue weighted by Crippen LogP contribution is -2.78. The van der Waals surface area contributed by atoms with E-state index in [4.69, 9.17) is 20.9 Å². The van der Waals surface area contributed by atoms with Gasteiger partial charge in [-0.15, -0.1) is 0 Å². The number of nitrogens with two attached hydrogens (primary N) is 2. The smallest absolute Gasteiger partial charge is 0.142 e. The van der Waals surface area contributed by atoms with Crippen molar-refractivity contribution in [2.24, 2.45) is 67.5 Å². The van der Waals surface area contributed by atoms with Crippen molar-refractivity contribution < 1.29 is 19.7 Å². The first-order chi connectivity index (χ1) is 36.9. The van der Waals surface area contributed by atoms with Crippen LogP contribution in [-0.2, 0) is 17.3 Å². The summed E-state index contributed by atoms with van der Waals surface area (Å²) in [4.78, 5) is 0. The average molecular weight is 1020 g/mol. The van der Waals surface area contributed by atoms with Crippen molar-refractivity contribution in [3.63, 3.8) is 0 Å². The zero-order valence-corrected chi connectivity index (χ0v) is 45.9. The first kappa shape index (κ1) is 47.1. The predicted molar refractivity (Wildman–Crippen MR) is 306 cm³/mol. The third-order valence-corrected chi connectivity index (χ3v) is 24.3. The zero-order chi connectivity index (χ0) is 52.3. The number of rotatable bonds is 9. The van der Waals surface area contributed by atoms with Gasteiger partial charge >= 0.3 is 0 Å². The monoisotopic (exact) mass is 1020 g/mol. The lowest BCUT2D eigenvalue weighted by atomic mass is 9.20. The molecule has 6 nitrogen and oxygen atoms in total. The fraction of sp³-hybridized carbons (Fsp3) is 0.493. The molecule has 9 unspecified atom stereocenters. The van der Waals surface area contributed by atoms with Crippen LogP contribution in [0.3, 0.4) is 0 Å². The summed E-state index contributed by atoms with van der Waals surface area (Å²) in [7, 11) is 0. The van der Waals surface area contributed by atoms with E-state index >= 15 is 0 Å². The van der Waals surface area contributed by atoms with Crippen LogP contribution in [0.4, 0.5) is 11.4 Å². The molecule has 0 spiro atoms. The number of para-hydroxylation sites is 2. The summed E-state index contributed by atoms with van der Waals surface area (Å²) in [6.45, 7) is 10.9. The average Bonchev–Trinajstić information content (AvgIpc) is 3.16. The molecule has 0 aromatic heterocycles. The molecule has 6 N–H and O–H groups in total. The van der Waals surface area contributed by atoms with Crippen molar-refractivity contribution >= 4 is 11.4 Å². The molecule has 13 aliphatic rings. The molecule has 6 heteroatoms. The van der Waals surface area contributed by atoms with Gasteiger partial charge in [-0.3, -0.25) is 0 Å². The lowest BCUT2D eigenvalue weighted by molar-refractivity contribution is -0.295. The molecule has 396 valence electrons. The number of nitrogen functional groups attached to an aromatic ring is 2. The van der Waals surface area contributed by atoms with Gasteiger partial charge in [0, 0.05) is 34.1 Å². The highest BCUT2D eigenvalue weighted by molar-refractivity contribution is 5.79. The van der Waals surface area contributed by atoms with E-state index in [0.29, 0.717) is 56.4 Å². The molecule has 0 aliphatic heterocycles. The van der Waals surface area contributed by atoms with E-state index in [1.165, 1.54) is 123 Å². The van der Waals surface area contributed by atoms with Crippen LogP contribution in [0.1, 0.15) is 158 Å². The molecule has 12 bridgehead atoms. The van der Waals surface area contributed by atoms with Gasteiger partial charge in [-0.05, 0) is 241 Å². The van der Waals surface area contributed by atoms with E-state index in [1.54, 1.807) is 29.8 Å². The van der Waals surface area contributed by atoms with Crippen LogP contribution in [0.2, 0.25) is 0 Å². The SMILES string of the molecule is CC12CC3CC(C)(C1)CC(C1C4CC5CC(C67CC8CC(C)(CC(C)(C8)C6)C7)(C4)CC1(c1cccc4c1Cc1ccccc1-4)C5(c1ccccc1Oc1ccc(N)c(O)c1)c1ccccc1Oc1ccc(N)c(O)c1)(C3)C2. The summed E-state index contributed by atoms with van der Waals surface area (Å²) in [5, 5.41) is 22.4.